The first-order valence-electron chi connectivity index (χ1n) is 5.48. The second kappa shape index (κ2) is 5.79. The van der Waals surface area contributed by atoms with Gasteiger partial charge in [-0.05, 0) is 40.3 Å². The summed E-state index contributed by atoms with van der Waals surface area (Å²) < 4.78 is 2.48. The summed E-state index contributed by atoms with van der Waals surface area (Å²) in [5.41, 5.74) is 6.95. The van der Waals surface area contributed by atoms with Gasteiger partial charge in [-0.25, -0.2) is 0 Å². The third kappa shape index (κ3) is 3.38. The van der Waals surface area contributed by atoms with Gasteiger partial charge in [0.05, 0.1) is 5.02 Å². The fourth-order valence-electron chi connectivity index (χ4n) is 1.61. The summed E-state index contributed by atoms with van der Waals surface area (Å²) in [6.45, 7) is 0.393. The summed E-state index contributed by atoms with van der Waals surface area (Å²) in [5.74, 6) is -0.0269. The van der Waals surface area contributed by atoms with E-state index in [2.05, 4.69) is 33.0 Å². The van der Waals surface area contributed by atoms with Crippen LogP contribution < -0.4 is 11.1 Å². The molecule has 0 atom stereocenters. The molecule has 0 aliphatic carbocycles. The van der Waals surface area contributed by atoms with E-state index in [1.54, 1.807) is 13.2 Å². The van der Waals surface area contributed by atoms with Gasteiger partial charge in [-0.3, -0.25) is 9.48 Å². The van der Waals surface area contributed by atoms with Gasteiger partial charge in [0.1, 0.15) is 5.56 Å². The number of nitrogen functional groups attached to an aromatic ring is 1. The molecule has 1 aromatic heterocycles. The molecule has 0 unspecified atom stereocenters. The lowest BCUT2D eigenvalue weighted by molar-refractivity contribution is 0.0951. The molecule has 2 rings (SSSR count). The quantitative estimate of drug-likeness (QED) is 0.789. The third-order valence-corrected chi connectivity index (χ3v) is 4.11. The summed E-state index contributed by atoms with van der Waals surface area (Å²) in [7, 11) is 1.71. The van der Waals surface area contributed by atoms with Gasteiger partial charge in [-0.2, -0.15) is 5.10 Å². The zero-order chi connectivity index (χ0) is 14.0. The SMILES string of the molecule is Cn1cc(C(=O)NCc2ccc(I)c(Cl)c2)c(N)n1. The molecule has 100 valence electrons. The zero-order valence-electron chi connectivity index (χ0n) is 10.2. The van der Waals surface area contributed by atoms with E-state index < -0.39 is 0 Å². The van der Waals surface area contributed by atoms with Crippen LogP contribution in [0.1, 0.15) is 15.9 Å². The molecule has 0 saturated carbocycles. The van der Waals surface area contributed by atoms with Gasteiger partial charge >= 0.3 is 0 Å². The molecule has 0 saturated heterocycles. The number of benzene rings is 1. The van der Waals surface area contributed by atoms with Crippen LogP contribution in [0.15, 0.2) is 24.4 Å². The van der Waals surface area contributed by atoms with E-state index in [1.165, 1.54) is 4.68 Å². The maximum Gasteiger partial charge on any atom is 0.256 e. The van der Waals surface area contributed by atoms with E-state index in [1.807, 2.05) is 18.2 Å². The molecule has 1 aromatic carbocycles. The van der Waals surface area contributed by atoms with E-state index in [-0.39, 0.29) is 11.7 Å². The number of rotatable bonds is 3. The Balaban J connectivity index is 2.04. The Morgan fingerprint density at radius 2 is 2.32 bits per heavy atom. The standard InChI is InChI=1S/C12H12ClIN4O/c1-18-6-8(11(15)17-18)12(19)16-5-7-2-3-10(14)9(13)4-7/h2-4,6H,5H2,1H3,(H2,15,17)(H,16,19). The van der Waals surface area contributed by atoms with Crippen LogP contribution in [0.5, 0.6) is 0 Å². The number of nitrogens with two attached hydrogens (primary N) is 1. The van der Waals surface area contributed by atoms with Gasteiger partial charge in [0, 0.05) is 23.4 Å². The molecule has 0 aliphatic heterocycles. The molecule has 0 radical (unpaired) electrons. The highest BCUT2D eigenvalue weighted by Gasteiger charge is 2.12. The Morgan fingerprint density at radius 3 is 2.89 bits per heavy atom. The van der Waals surface area contributed by atoms with Gasteiger partial charge < -0.3 is 11.1 Å². The van der Waals surface area contributed by atoms with E-state index in [9.17, 15) is 4.79 Å². The summed E-state index contributed by atoms with van der Waals surface area (Å²) >= 11 is 8.17. The second-order valence-corrected chi connectivity index (χ2v) is 5.60. The van der Waals surface area contributed by atoms with Crippen molar-refractivity contribution in [3.63, 3.8) is 0 Å². The molecular weight excluding hydrogens is 379 g/mol. The highest BCUT2D eigenvalue weighted by molar-refractivity contribution is 14.1. The second-order valence-electron chi connectivity index (χ2n) is 4.03. The van der Waals surface area contributed by atoms with Crippen molar-refractivity contribution in [3.8, 4) is 0 Å². The molecule has 5 nitrogen and oxygen atoms in total. The Hall–Kier alpha value is -1.28. The minimum atomic E-state index is -0.250. The predicted octanol–water partition coefficient (Wildman–Crippen LogP) is 2.19. The molecule has 19 heavy (non-hydrogen) atoms. The summed E-state index contributed by atoms with van der Waals surface area (Å²) in [4.78, 5) is 11.9. The number of hydrogen-bond acceptors (Lipinski definition) is 3. The fraction of sp³-hybridized carbons (Fsp3) is 0.167. The van der Waals surface area contributed by atoms with Crippen molar-refractivity contribution in [3.05, 3.63) is 44.1 Å². The van der Waals surface area contributed by atoms with Crippen LogP contribution >= 0.6 is 34.2 Å². The first-order chi connectivity index (χ1) is 8.97. The number of carbonyl (C=O) groups is 1. The lowest BCUT2D eigenvalue weighted by Gasteiger charge is -2.05. The summed E-state index contributed by atoms with van der Waals surface area (Å²) in [6, 6.07) is 5.65. The van der Waals surface area contributed by atoms with E-state index in [0.717, 1.165) is 9.13 Å². The molecule has 0 bridgehead atoms. The van der Waals surface area contributed by atoms with Crippen LogP contribution in [0, 0.1) is 3.57 Å². The van der Waals surface area contributed by atoms with E-state index in [4.69, 9.17) is 17.3 Å². The monoisotopic (exact) mass is 390 g/mol. The number of aryl methyl sites for hydroxylation is 1. The maximum absolute atomic E-state index is 11.9. The first-order valence-corrected chi connectivity index (χ1v) is 6.94. The van der Waals surface area contributed by atoms with Gasteiger partial charge in [0.15, 0.2) is 5.82 Å². The van der Waals surface area contributed by atoms with Gasteiger partial charge in [-0.1, -0.05) is 17.7 Å². The number of anilines is 1. The number of aromatic nitrogens is 2. The third-order valence-electron chi connectivity index (χ3n) is 2.54. The number of nitrogens with one attached hydrogen (secondary N) is 1. The van der Waals surface area contributed by atoms with Crippen molar-refractivity contribution < 1.29 is 4.79 Å². The van der Waals surface area contributed by atoms with E-state index in [0.29, 0.717) is 17.1 Å². The van der Waals surface area contributed by atoms with Crippen LogP contribution in [0.2, 0.25) is 5.02 Å². The molecule has 0 spiro atoms. The van der Waals surface area contributed by atoms with Crippen molar-refractivity contribution >= 4 is 45.9 Å². The Morgan fingerprint density at radius 1 is 1.58 bits per heavy atom. The summed E-state index contributed by atoms with van der Waals surface area (Å²) in [6.07, 6.45) is 1.59. The molecule has 1 amide bonds. The molecule has 7 heteroatoms. The normalized spacial score (nSPS) is 10.5. The Bertz CT molecular complexity index is 626. The maximum atomic E-state index is 11.9. The number of amides is 1. The minimum Gasteiger partial charge on any atom is -0.382 e. The topological polar surface area (TPSA) is 72.9 Å². The van der Waals surface area contributed by atoms with Crippen molar-refractivity contribution in [2.24, 2.45) is 7.05 Å². The average Bonchev–Trinajstić information content (AvgIpc) is 2.70. The largest absolute Gasteiger partial charge is 0.382 e. The first kappa shape index (κ1) is 14.1. The summed E-state index contributed by atoms with van der Waals surface area (Å²) in [5, 5.41) is 7.38. The smallest absolute Gasteiger partial charge is 0.256 e. The Labute approximate surface area is 129 Å². The van der Waals surface area contributed by atoms with Crippen LogP contribution in [0.4, 0.5) is 5.82 Å². The highest BCUT2D eigenvalue weighted by atomic mass is 127. The number of hydrogen-bond donors (Lipinski definition) is 2. The predicted molar refractivity (Wildman–Crippen MR) is 83.0 cm³/mol. The van der Waals surface area contributed by atoms with Crippen LogP contribution in [-0.4, -0.2) is 15.7 Å². The van der Waals surface area contributed by atoms with Crippen LogP contribution in [0.25, 0.3) is 0 Å². The zero-order valence-corrected chi connectivity index (χ0v) is 13.1. The number of nitrogens with zero attached hydrogens (tertiary/aromatic N) is 2. The minimum absolute atomic E-state index is 0.223. The van der Waals surface area contributed by atoms with Gasteiger partial charge in [0.25, 0.3) is 5.91 Å². The van der Waals surface area contributed by atoms with Crippen molar-refractivity contribution in [1.82, 2.24) is 15.1 Å². The molecule has 3 N–H and O–H groups in total. The molecule has 1 heterocycles. The number of halogens is 2. The van der Waals surface area contributed by atoms with Crippen LogP contribution in [0.3, 0.4) is 0 Å². The van der Waals surface area contributed by atoms with Gasteiger partial charge in [0.2, 0.25) is 0 Å². The van der Waals surface area contributed by atoms with Crippen molar-refractivity contribution in [2.75, 3.05) is 5.73 Å². The average molecular weight is 391 g/mol. The highest BCUT2D eigenvalue weighted by Crippen LogP contribution is 2.19. The number of carbonyl (C=O) groups excluding carboxylic acids is 1. The van der Waals surface area contributed by atoms with Crippen molar-refractivity contribution in [1.29, 1.82) is 0 Å². The molecular formula is C12H12ClIN4O. The fourth-order valence-corrected chi connectivity index (χ4v) is 2.15. The lowest BCUT2D eigenvalue weighted by Crippen LogP contribution is -2.23. The molecule has 2 aromatic rings. The van der Waals surface area contributed by atoms with E-state index >= 15 is 0 Å². The molecule has 0 fully saturated rings. The Kier molecular flexibility index (Phi) is 4.31. The lowest BCUT2D eigenvalue weighted by atomic mass is 10.2. The van der Waals surface area contributed by atoms with Crippen LogP contribution in [-0.2, 0) is 13.6 Å². The molecule has 0 aliphatic rings. The van der Waals surface area contributed by atoms with Crippen molar-refractivity contribution in [2.45, 2.75) is 6.54 Å². The van der Waals surface area contributed by atoms with Gasteiger partial charge in [-0.15, -0.1) is 0 Å².